The molecule has 1 heterocycles. The molecule has 0 saturated heterocycles. The average molecular weight is 307 g/mol. The van der Waals surface area contributed by atoms with Gasteiger partial charge in [0.15, 0.2) is 0 Å². The molecule has 0 spiro atoms. The predicted octanol–water partition coefficient (Wildman–Crippen LogP) is 0.259. The second-order valence-electron chi connectivity index (χ2n) is 4.47. The predicted molar refractivity (Wildman–Crippen MR) is 74.5 cm³/mol. The van der Waals surface area contributed by atoms with Crippen molar-refractivity contribution in [1.29, 1.82) is 0 Å². The van der Waals surface area contributed by atoms with E-state index in [9.17, 15) is 14.0 Å². The summed E-state index contributed by atoms with van der Waals surface area (Å²) in [5, 5.41) is 11.7. The number of nitrogens with one attached hydrogen (secondary N) is 2. The highest BCUT2D eigenvalue weighted by Crippen LogP contribution is 2.08. The van der Waals surface area contributed by atoms with Crippen molar-refractivity contribution in [3.8, 4) is 0 Å². The second-order valence-corrected chi connectivity index (χ2v) is 4.47. The molecule has 0 unspecified atom stereocenters. The van der Waals surface area contributed by atoms with Crippen LogP contribution in [0, 0.1) is 12.7 Å². The number of amides is 2. The van der Waals surface area contributed by atoms with Crippen LogP contribution in [0.5, 0.6) is 0 Å². The minimum absolute atomic E-state index is 0.114. The van der Waals surface area contributed by atoms with Crippen LogP contribution in [-0.2, 0) is 0 Å². The Morgan fingerprint density at radius 3 is 2.50 bits per heavy atom. The summed E-state index contributed by atoms with van der Waals surface area (Å²) in [6.45, 7) is 1.91. The lowest BCUT2D eigenvalue weighted by Gasteiger charge is -2.07. The Bertz CT molecular complexity index is 701. The van der Waals surface area contributed by atoms with Crippen molar-refractivity contribution >= 4 is 17.6 Å². The molecular formula is C13H14FN5O3. The molecule has 22 heavy (non-hydrogen) atoms. The lowest BCUT2D eigenvalue weighted by molar-refractivity contribution is 0.0922. The van der Waals surface area contributed by atoms with Crippen molar-refractivity contribution in [2.45, 2.75) is 6.92 Å². The van der Waals surface area contributed by atoms with Gasteiger partial charge in [0, 0.05) is 18.7 Å². The van der Waals surface area contributed by atoms with Crippen molar-refractivity contribution in [1.82, 2.24) is 20.9 Å². The summed E-state index contributed by atoms with van der Waals surface area (Å²) in [5.74, 6) is -1.56. The third kappa shape index (κ3) is 3.57. The van der Waals surface area contributed by atoms with Gasteiger partial charge in [0.2, 0.25) is 11.5 Å². The first-order chi connectivity index (χ1) is 10.5. The van der Waals surface area contributed by atoms with E-state index < -0.39 is 17.6 Å². The first kappa shape index (κ1) is 15.4. The third-order valence-corrected chi connectivity index (χ3v) is 2.86. The van der Waals surface area contributed by atoms with Gasteiger partial charge in [0.25, 0.3) is 11.8 Å². The van der Waals surface area contributed by atoms with E-state index in [2.05, 4.69) is 25.6 Å². The Morgan fingerprint density at radius 2 is 1.91 bits per heavy atom. The van der Waals surface area contributed by atoms with Crippen LogP contribution in [0.4, 0.5) is 10.2 Å². The summed E-state index contributed by atoms with van der Waals surface area (Å²) < 4.78 is 17.7. The number of rotatable bonds is 5. The molecule has 2 amide bonds. The molecule has 1 aromatic heterocycles. The van der Waals surface area contributed by atoms with E-state index in [1.54, 1.807) is 6.92 Å². The van der Waals surface area contributed by atoms with Gasteiger partial charge in [-0.1, -0.05) is 6.07 Å². The van der Waals surface area contributed by atoms with Gasteiger partial charge in [0.1, 0.15) is 5.82 Å². The molecule has 0 radical (unpaired) electrons. The fourth-order valence-corrected chi connectivity index (χ4v) is 1.62. The van der Waals surface area contributed by atoms with E-state index in [0.717, 1.165) is 6.07 Å². The Kier molecular flexibility index (Phi) is 4.66. The molecule has 0 fully saturated rings. The van der Waals surface area contributed by atoms with Crippen molar-refractivity contribution in [3.63, 3.8) is 0 Å². The van der Waals surface area contributed by atoms with Crippen LogP contribution >= 0.6 is 0 Å². The summed E-state index contributed by atoms with van der Waals surface area (Å²) in [7, 11) is 0. The highest BCUT2D eigenvalue weighted by molar-refractivity contribution is 5.96. The molecule has 1 aromatic carbocycles. The zero-order valence-corrected chi connectivity index (χ0v) is 11.7. The maximum atomic E-state index is 13.4. The van der Waals surface area contributed by atoms with E-state index in [4.69, 9.17) is 5.73 Å². The number of aryl methyl sites for hydroxylation is 1. The number of carbonyl (C=O) groups excluding carboxylic acids is 2. The largest absolute Gasteiger partial charge is 0.379 e. The van der Waals surface area contributed by atoms with E-state index in [0.29, 0.717) is 5.56 Å². The van der Waals surface area contributed by atoms with Crippen LogP contribution in [0.15, 0.2) is 22.8 Å². The van der Waals surface area contributed by atoms with E-state index in [1.165, 1.54) is 12.1 Å². The average Bonchev–Trinajstić information content (AvgIpc) is 2.92. The Morgan fingerprint density at radius 1 is 1.23 bits per heavy atom. The van der Waals surface area contributed by atoms with E-state index >= 15 is 0 Å². The first-order valence-corrected chi connectivity index (χ1v) is 6.39. The number of aromatic nitrogens is 2. The Labute approximate surface area is 124 Å². The molecule has 0 bridgehead atoms. The molecular weight excluding hydrogens is 293 g/mol. The molecule has 0 aliphatic heterocycles. The topological polar surface area (TPSA) is 123 Å². The molecule has 2 aromatic rings. The number of anilines is 1. The van der Waals surface area contributed by atoms with Crippen LogP contribution in [0.25, 0.3) is 0 Å². The summed E-state index contributed by atoms with van der Waals surface area (Å²) >= 11 is 0. The number of nitrogen functional groups attached to an aromatic ring is 1. The van der Waals surface area contributed by atoms with Crippen LogP contribution in [0.1, 0.15) is 26.4 Å². The number of hydrogen-bond donors (Lipinski definition) is 3. The summed E-state index contributed by atoms with van der Waals surface area (Å²) in [5.41, 5.74) is 5.91. The smallest absolute Gasteiger partial charge is 0.277 e. The number of halogens is 1. The number of benzene rings is 1. The van der Waals surface area contributed by atoms with Crippen LogP contribution in [0.3, 0.4) is 0 Å². The first-order valence-electron chi connectivity index (χ1n) is 6.39. The quantitative estimate of drug-likeness (QED) is 0.681. The number of nitrogens with zero attached hydrogens (tertiary/aromatic N) is 2. The zero-order chi connectivity index (χ0) is 16.1. The molecule has 0 aliphatic carbocycles. The van der Waals surface area contributed by atoms with Gasteiger partial charge in [-0.05, 0) is 34.9 Å². The maximum Gasteiger partial charge on any atom is 0.277 e. The van der Waals surface area contributed by atoms with Gasteiger partial charge in [-0.3, -0.25) is 9.59 Å². The van der Waals surface area contributed by atoms with E-state index in [1.807, 2.05) is 0 Å². The highest BCUT2D eigenvalue weighted by Gasteiger charge is 2.15. The minimum atomic E-state index is -0.561. The van der Waals surface area contributed by atoms with Gasteiger partial charge in [-0.25, -0.2) is 9.02 Å². The molecule has 8 nitrogen and oxygen atoms in total. The third-order valence-electron chi connectivity index (χ3n) is 2.86. The number of hydrogen-bond acceptors (Lipinski definition) is 6. The summed E-state index contributed by atoms with van der Waals surface area (Å²) in [6.07, 6.45) is 0. The zero-order valence-electron chi connectivity index (χ0n) is 11.7. The fraction of sp³-hybridized carbons (Fsp3) is 0.231. The number of carbonyl (C=O) groups is 2. The monoisotopic (exact) mass is 307 g/mol. The summed E-state index contributed by atoms with van der Waals surface area (Å²) in [4.78, 5) is 23.4. The molecule has 2 rings (SSSR count). The SMILES string of the molecule is Cc1ccc(C(=O)NCCNC(=O)c2nonc2N)cc1F. The molecule has 0 atom stereocenters. The lowest BCUT2D eigenvalue weighted by Crippen LogP contribution is -2.35. The molecule has 0 aliphatic rings. The van der Waals surface area contributed by atoms with Crippen LogP contribution in [0.2, 0.25) is 0 Å². The molecule has 0 saturated carbocycles. The normalized spacial score (nSPS) is 10.3. The van der Waals surface area contributed by atoms with Gasteiger partial charge < -0.3 is 16.4 Å². The Hall–Kier alpha value is -2.97. The molecule has 116 valence electrons. The minimum Gasteiger partial charge on any atom is -0.379 e. The van der Waals surface area contributed by atoms with Crippen molar-refractivity contribution in [3.05, 3.63) is 40.8 Å². The van der Waals surface area contributed by atoms with Gasteiger partial charge in [0.05, 0.1) is 0 Å². The lowest BCUT2D eigenvalue weighted by atomic mass is 10.1. The highest BCUT2D eigenvalue weighted by atomic mass is 19.1. The molecule has 4 N–H and O–H groups in total. The van der Waals surface area contributed by atoms with Gasteiger partial charge in [-0.2, -0.15) is 0 Å². The standard InChI is InChI=1S/C13H14FN5O3/c1-7-2-3-8(6-9(7)14)12(20)16-4-5-17-13(21)10-11(15)19-22-18-10/h2-3,6H,4-5H2,1H3,(H2,15,19)(H,16,20)(H,17,21). The number of nitrogens with two attached hydrogens (primary N) is 1. The van der Waals surface area contributed by atoms with E-state index in [-0.39, 0.29) is 30.2 Å². The van der Waals surface area contributed by atoms with Crippen molar-refractivity contribution < 1.29 is 18.6 Å². The van der Waals surface area contributed by atoms with Gasteiger partial charge in [-0.15, -0.1) is 0 Å². The van der Waals surface area contributed by atoms with Crippen molar-refractivity contribution in [2.75, 3.05) is 18.8 Å². The molecule has 9 heteroatoms. The second kappa shape index (κ2) is 6.66. The fourth-order valence-electron chi connectivity index (χ4n) is 1.62. The van der Waals surface area contributed by atoms with Crippen LogP contribution < -0.4 is 16.4 Å². The van der Waals surface area contributed by atoms with Gasteiger partial charge >= 0.3 is 0 Å². The van der Waals surface area contributed by atoms with Crippen LogP contribution in [-0.4, -0.2) is 35.2 Å². The van der Waals surface area contributed by atoms with Crippen molar-refractivity contribution in [2.24, 2.45) is 0 Å². The summed E-state index contributed by atoms with van der Waals surface area (Å²) in [6, 6.07) is 4.20. The Balaban J connectivity index is 1.79. The maximum absolute atomic E-state index is 13.4.